The van der Waals surface area contributed by atoms with Gasteiger partial charge in [-0.25, -0.2) is 4.68 Å². The number of allylic oxidation sites excluding steroid dienone is 1. The highest BCUT2D eigenvalue weighted by Gasteiger charge is 2.33. The summed E-state index contributed by atoms with van der Waals surface area (Å²) in [5, 5.41) is 8.79. The van der Waals surface area contributed by atoms with Crippen LogP contribution in [0, 0.1) is 0 Å². The van der Waals surface area contributed by atoms with Crippen molar-refractivity contribution in [3.63, 3.8) is 0 Å². The van der Waals surface area contributed by atoms with E-state index in [4.69, 9.17) is 5.10 Å². The SMILES string of the molecule is c1cncc(Cn2nc(C3CCC3)c3c2NCC2=C3CCCC2)c1. The average Bonchev–Trinajstić information content (AvgIpc) is 2.93. The molecule has 2 aromatic rings. The van der Waals surface area contributed by atoms with Gasteiger partial charge in [0.05, 0.1) is 12.2 Å². The van der Waals surface area contributed by atoms with Crippen molar-refractivity contribution in [3.8, 4) is 0 Å². The van der Waals surface area contributed by atoms with E-state index >= 15 is 0 Å². The van der Waals surface area contributed by atoms with Crippen LogP contribution in [0.1, 0.15) is 67.7 Å². The van der Waals surface area contributed by atoms with Crippen LogP contribution in [0.15, 0.2) is 30.1 Å². The second kappa shape index (κ2) is 5.76. The van der Waals surface area contributed by atoms with Crippen molar-refractivity contribution in [2.75, 3.05) is 11.9 Å². The third-order valence-corrected chi connectivity index (χ3v) is 5.88. The molecule has 2 aliphatic carbocycles. The van der Waals surface area contributed by atoms with Gasteiger partial charge in [-0.15, -0.1) is 0 Å². The van der Waals surface area contributed by atoms with Crippen LogP contribution in [0.4, 0.5) is 5.82 Å². The number of aromatic nitrogens is 3. The normalized spacial score (nSPS) is 20.2. The Bertz CT molecular complexity index is 783. The fraction of sp³-hybridized carbons (Fsp3) is 0.500. The molecule has 0 bridgehead atoms. The van der Waals surface area contributed by atoms with E-state index in [9.17, 15) is 0 Å². The predicted octanol–water partition coefficient (Wildman–Crippen LogP) is 4.35. The molecule has 0 atom stereocenters. The lowest BCUT2D eigenvalue weighted by atomic mass is 9.77. The minimum atomic E-state index is 0.671. The topological polar surface area (TPSA) is 42.7 Å². The van der Waals surface area contributed by atoms with Crippen LogP contribution in [0.25, 0.3) is 5.57 Å². The highest BCUT2D eigenvalue weighted by molar-refractivity contribution is 5.82. The first-order valence-electron chi connectivity index (χ1n) is 9.35. The second-order valence-corrected chi connectivity index (χ2v) is 7.40. The van der Waals surface area contributed by atoms with Gasteiger partial charge in [0.15, 0.2) is 0 Å². The molecular formula is C20H24N4. The van der Waals surface area contributed by atoms with E-state index < -0.39 is 0 Å². The van der Waals surface area contributed by atoms with E-state index in [1.807, 2.05) is 18.5 Å². The van der Waals surface area contributed by atoms with Gasteiger partial charge in [0.2, 0.25) is 0 Å². The summed E-state index contributed by atoms with van der Waals surface area (Å²) in [4.78, 5) is 4.26. The van der Waals surface area contributed by atoms with E-state index in [1.54, 1.807) is 11.1 Å². The Morgan fingerprint density at radius 3 is 2.88 bits per heavy atom. The summed E-state index contributed by atoms with van der Waals surface area (Å²) >= 11 is 0. The Morgan fingerprint density at radius 1 is 1.17 bits per heavy atom. The number of hydrogen-bond donors (Lipinski definition) is 1. The van der Waals surface area contributed by atoms with Crippen molar-refractivity contribution in [1.82, 2.24) is 14.8 Å². The smallest absolute Gasteiger partial charge is 0.132 e. The van der Waals surface area contributed by atoms with Crippen LogP contribution in [-0.2, 0) is 6.54 Å². The number of pyridine rings is 1. The lowest BCUT2D eigenvalue weighted by Crippen LogP contribution is -2.19. The van der Waals surface area contributed by atoms with Crippen molar-refractivity contribution >= 4 is 11.4 Å². The third kappa shape index (κ3) is 2.27. The van der Waals surface area contributed by atoms with E-state index in [-0.39, 0.29) is 0 Å². The molecule has 5 rings (SSSR count). The maximum absolute atomic E-state index is 5.09. The Balaban J connectivity index is 1.60. The van der Waals surface area contributed by atoms with Gasteiger partial charge in [-0.2, -0.15) is 5.10 Å². The fourth-order valence-corrected chi connectivity index (χ4v) is 4.36. The number of fused-ring (bicyclic) bond motifs is 2. The maximum Gasteiger partial charge on any atom is 0.132 e. The van der Waals surface area contributed by atoms with E-state index in [1.165, 1.54) is 67.6 Å². The molecule has 3 heterocycles. The molecular weight excluding hydrogens is 296 g/mol. The number of nitrogens with zero attached hydrogens (tertiary/aromatic N) is 3. The fourth-order valence-electron chi connectivity index (χ4n) is 4.36. The number of hydrogen-bond acceptors (Lipinski definition) is 3. The second-order valence-electron chi connectivity index (χ2n) is 7.40. The lowest BCUT2D eigenvalue weighted by Gasteiger charge is -2.30. The molecule has 0 amide bonds. The monoisotopic (exact) mass is 320 g/mol. The highest BCUT2D eigenvalue weighted by Crippen LogP contribution is 2.47. The van der Waals surface area contributed by atoms with Gasteiger partial charge in [0.1, 0.15) is 5.82 Å². The maximum atomic E-state index is 5.09. The van der Waals surface area contributed by atoms with Crippen LogP contribution in [0.5, 0.6) is 0 Å². The molecule has 0 radical (unpaired) electrons. The molecule has 0 aromatic carbocycles. The third-order valence-electron chi connectivity index (χ3n) is 5.88. The van der Waals surface area contributed by atoms with Gasteiger partial charge in [0.25, 0.3) is 0 Å². The zero-order valence-electron chi connectivity index (χ0n) is 14.1. The van der Waals surface area contributed by atoms with Crippen LogP contribution in [-0.4, -0.2) is 21.3 Å². The molecule has 1 fully saturated rings. The highest BCUT2D eigenvalue weighted by atomic mass is 15.3. The molecule has 124 valence electrons. The summed E-state index contributed by atoms with van der Waals surface area (Å²) < 4.78 is 2.19. The lowest BCUT2D eigenvalue weighted by molar-refractivity contribution is 0.406. The van der Waals surface area contributed by atoms with Gasteiger partial charge in [-0.1, -0.05) is 12.5 Å². The van der Waals surface area contributed by atoms with Crippen molar-refractivity contribution in [3.05, 3.63) is 46.9 Å². The Kier molecular flexibility index (Phi) is 3.42. The quantitative estimate of drug-likeness (QED) is 0.914. The molecule has 0 saturated heterocycles. The number of nitrogens with one attached hydrogen (secondary N) is 1. The summed E-state index contributed by atoms with van der Waals surface area (Å²) in [6.07, 6.45) is 12.9. The molecule has 1 N–H and O–H groups in total. The Labute approximate surface area is 143 Å². The first-order chi connectivity index (χ1) is 11.9. The molecule has 2 aromatic heterocycles. The van der Waals surface area contributed by atoms with E-state index in [0.29, 0.717) is 5.92 Å². The summed E-state index contributed by atoms with van der Waals surface area (Å²) in [6.45, 7) is 1.81. The molecule has 24 heavy (non-hydrogen) atoms. The first kappa shape index (κ1) is 14.3. The van der Waals surface area contributed by atoms with Crippen molar-refractivity contribution in [2.24, 2.45) is 0 Å². The minimum Gasteiger partial charge on any atom is -0.366 e. The minimum absolute atomic E-state index is 0.671. The van der Waals surface area contributed by atoms with Crippen LogP contribution >= 0.6 is 0 Å². The average molecular weight is 320 g/mol. The van der Waals surface area contributed by atoms with Gasteiger partial charge < -0.3 is 5.32 Å². The van der Waals surface area contributed by atoms with Crippen LogP contribution in [0.2, 0.25) is 0 Å². The summed E-state index contributed by atoms with van der Waals surface area (Å²) in [6, 6.07) is 4.14. The molecule has 1 aliphatic heterocycles. The van der Waals surface area contributed by atoms with Crippen LogP contribution in [0.3, 0.4) is 0 Å². The molecule has 0 unspecified atom stereocenters. The van der Waals surface area contributed by atoms with E-state index in [2.05, 4.69) is 21.0 Å². The first-order valence-corrected chi connectivity index (χ1v) is 9.35. The van der Waals surface area contributed by atoms with E-state index in [0.717, 1.165) is 13.1 Å². The largest absolute Gasteiger partial charge is 0.366 e. The van der Waals surface area contributed by atoms with Gasteiger partial charge >= 0.3 is 0 Å². The van der Waals surface area contributed by atoms with Crippen LogP contribution < -0.4 is 5.32 Å². The molecule has 4 heteroatoms. The number of rotatable bonds is 3. The predicted molar refractivity (Wildman–Crippen MR) is 96.0 cm³/mol. The van der Waals surface area contributed by atoms with Gasteiger partial charge in [-0.3, -0.25) is 4.98 Å². The van der Waals surface area contributed by atoms with Crippen molar-refractivity contribution in [1.29, 1.82) is 0 Å². The van der Waals surface area contributed by atoms with Gasteiger partial charge in [0, 0.05) is 30.4 Å². The molecule has 0 spiro atoms. The molecule has 4 nitrogen and oxygen atoms in total. The molecule has 3 aliphatic rings. The Morgan fingerprint density at radius 2 is 2.08 bits per heavy atom. The zero-order chi connectivity index (χ0) is 15.9. The molecule has 1 saturated carbocycles. The van der Waals surface area contributed by atoms with Crippen molar-refractivity contribution in [2.45, 2.75) is 57.4 Å². The zero-order valence-corrected chi connectivity index (χ0v) is 14.1. The standard InChI is InChI=1S/C20H24N4/c1-2-9-17-16(6-1)12-22-20-18(17)19(15-7-3-8-15)23-24(20)13-14-5-4-10-21-11-14/h4-5,10-11,15,22H,1-3,6-9,12-13H2. The summed E-state index contributed by atoms with van der Waals surface area (Å²) in [5.74, 6) is 1.92. The van der Waals surface area contributed by atoms with Gasteiger partial charge in [-0.05, 0) is 61.3 Å². The van der Waals surface area contributed by atoms with Crippen molar-refractivity contribution < 1.29 is 0 Å². The summed E-state index contributed by atoms with van der Waals surface area (Å²) in [7, 11) is 0. The Hall–Kier alpha value is -2.10. The number of anilines is 1. The summed E-state index contributed by atoms with van der Waals surface area (Å²) in [5.41, 5.74) is 7.30.